The number of phenolic OH excluding ortho intramolecular Hbond substituents is 1. The molecule has 0 fully saturated rings. The third-order valence-electron chi connectivity index (χ3n) is 3.93. The van der Waals surface area contributed by atoms with Crippen LogP contribution in [0.2, 0.25) is 0 Å². The van der Waals surface area contributed by atoms with Crippen molar-refractivity contribution in [1.29, 1.82) is 0 Å². The van der Waals surface area contributed by atoms with E-state index in [1.807, 2.05) is 0 Å². The van der Waals surface area contributed by atoms with Gasteiger partial charge in [-0.25, -0.2) is 10.2 Å². The number of ether oxygens (including phenoxy) is 2. The molecule has 0 spiro atoms. The number of nitrogens with zero attached hydrogens (tertiary/aromatic N) is 1. The smallest absolute Gasteiger partial charge is 0.343 e. The first-order valence-electron chi connectivity index (χ1n) is 8.64. The number of aromatic hydroxyl groups is 1. The molecule has 3 rings (SSSR count). The van der Waals surface area contributed by atoms with Gasteiger partial charge in [0.1, 0.15) is 17.2 Å². The number of hydrogen-bond acceptors (Lipinski definition) is 6. The highest BCUT2D eigenvalue weighted by atomic mass is 16.5. The van der Waals surface area contributed by atoms with Crippen molar-refractivity contribution in [3.8, 4) is 17.2 Å². The number of rotatable bonds is 6. The topological polar surface area (TPSA) is 97.2 Å². The van der Waals surface area contributed by atoms with Crippen molar-refractivity contribution < 1.29 is 24.2 Å². The van der Waals surface area contributed by atoms with Crippen molar-refractivity contribution in [3.05, 3.63) is 89.5 Å². The Bertz CT molecular complexity index is 1010. The number of methoxy groups -OCH3 is 1. The molecule has 0 heterocycles. The summed E-state index contributed by atoms with van der Waals surface area (Å²) in [6, 6.07) is 19.1. The summed E-state index contributed by atoms with van der Waals surface area (Å²) in [5.41, 5.74) is 3.89. The first-order valence-corrected chi connectivity index (χ1v) is 8.64. The average molecular weight is 390 g/mol. The van der Waals surface area contributed by atoms with E-state index >= 15 is 0 Å². The maximum atomic E-state index is 12.1. The summed E-state index contributed by atoms with van der Waals surface area (Å²) in [5, 5.41) is 13.1. The van der Waals surface area contributed by atoms with Gasteiger partial charge in [0.25, 0.3) is 5.91 Å². The standard InChI is InChI=1S/C22H18N2O5/c1-28-19-12-6-17(7-13-19)22(27)29-20-10-2-15(3-11-20)14-23-24-21(26)16-4-8-18(25)9-5-16/h2-14,25H,1H3,(H,24,26)/b23-14+. The van der Waals surface area contributed by atoms with Crippen LogP contribution < -0.4 is 14.9 Å². The maximum absolute atomic E-state index is 12.1. The van der Waals surface area contributed by atoms with Gasteiger partial charge in [-0.1, -0.05) is 0 Å². The number of hydrogen-bond donors (Lipinski definition) is 2. The molecule has 0 aliphatic carbocycles. The molecule has 7 nitrogen and oxygen atoms in total. The van der Waals surface area contributed by atoms with Crippen LogP contribution in [-0.2, 0) is 0 Å². The Morgan fingerprint density at radius 3 is 2.07 bits per heavy atom. The zero-order valence-electron chi connectivity index (χ0n) is 15.5. The van der Waals surface area contributed by atoms with Crippen molar-refractivity contribution in [3.63, 3.8) is 0 Å². The number of hydrazone groups is 1. The van der Waals surface area contributed by atoms with Crippen molar-refractivity contribution in [2.24, 2.45) is 5.10 Å². The normalized spacial score (nSPS) is 10.5. The number of carbonyl (C=O) groups is 2. The Balaban J connectivity index is 1.55. The van der Waals surface area contributed by atoms with Gasteiger partial charge in [0.05, 0.1) is 18.9 Å². The first-order chi connectivity index (χ1) is 14.0. The van der Waals surface area contributed by atoms with Gasteiger partial charge in [-0.15, -0.1) is 0 Å². The van der Waals surface area contributed by atoms with E-state index in [0.29, 0.717) is 28.2 Å². The summed E-state index contributed by atoms with van der Waals surface area (Å²) < 4.78 is 10.4. The Morgan fingerprint density at radius 2 is 1.45 bits per heavy atom. The van der Waals surface area contributed by atoms with E-state index in [1.165, 1.54) is 30.5 Å². The maximum Gasteiger partial charge on any atom is 0.343 e. The first kappa shape index (κ1) is 19.6. The van der Waals surface area contributed by atoms with E-state index in [1.54, 1.807) is 55.6 Å². The van der Waals surface area contributed by atoms with Crippen molar-refractivity contribution in [2.75, 3.05) is 7.11 Å². The molecule has 0 aliphatic heterocycles. The van der Waals surface area contributed by atoms with Crippen LogP contribution >= 0.6 is 0 Å². The molecule has 29 heavy (non-hydrogen) atoms. The van der Waals surface area contributed by atoms with Gasteiger partial charge in [-0.05, 0) is 78.4 Å². The second-order valence-electron chi connectivity index (χ2n) is 5.93. The van der Waals surface area contributed by atoms with Crippen molar-refractivity contribution in [2.45, 2.75) is 0 Å². The van der Waals surface area contributed by atoms with Gasteiger partial charge in [-0.2, -0.15) is 5.10 Å². The number of amides is 1. The van der Waals surface area contributed by atoms with Crippen LogP contribution in [0.5, 0.6) is 17.2 Å². The number of phenols is 1. The summed E-state index contributed by atoms with van der Waals surface area (Å²) >= 11 is 0. The van der Waals surface area contributed by atoms with Crippen LogP contribution in [-0.4, -0.2) is 30.3 Å². The minimum absolute atomic E-state index is 0.0813. The van der Waals surface area contributed by atoms with Crippen LogP contribution in [0.15, 0.2) is 77.9 Å². The van der Waals surface area contributed by atoms with Gasteiger partial charge < -0.3 is 14.6 Å². The lowest BCUT2D eigenvalue weighted by Gasteiger charge is -2.05. The average Bonchev–Trinajstić information content (AvgIpc) is 2.75. The zero-order valence-corrected chi connectivity index (χ0v) is 15.5. The highest BCUT2D eigenvalue weighted by molar-refractivity contribution is 5.95. The fourth-order valence-corrected chi connectivity index (χ4v) is 2.36. The predicted molar refractivity (Wildman–Crippen MR) is 108 cm³/mol. The summed E-state index contributed by atoms with van der Waals surface area (Å²) in [6.07, 6.45) is 1.47. The molecular formula is C22H18N2O5. The van der Waals surface area contributed by atoms with Crippen LogP contribution in [0, 0.1) is 0 Å². The van der Waals surface area contributed by atoms with Crippen LogP contribution in [0.1, 0.15) is 26.3 Å². The lowest BCUT2D eigenvalue weighted by atomic mass is 10.2. The molecule has 0 saturated carbocycles. The number of benzene rings is 3. The van der Waals surface area contributed by atoms with Gasteiger partial charge in [0.15, 0.2) is 0 Å². The Hall–Kier alpha value is -4.13. The molecular weight excluding hydrogens is 372 g/mol. The van der Waals surface area contributed by atoms with Gasteiger partial charge in [0.2, 0.25) is 0 Å². The predicted octanol–water partition coefficient (Wildman–Crippen LogP) is 3.38. The largest absolute Gasteiger partial charge is 0.508 e. The second kappa shape index (κ2) is 9.18. The van der Waals surface area contributed by atoms with E-state index in [4.69, 9.17) is 9.47 Å². The molecule has 3 aromatic rings. The SMILES string of the molecule is COc1ccc(C(=O)Oc2ccc(/C=N/NC(=O)c3ccc(O)cc3)cc2)cc1. The molecule has 2 N–H and O–H groups in total. The lowest BCUT2D eigenvalue weighted by molar-refractivity contribution is 0.0734. The molecule has 0 radical (unpaired) electrons. The van der Waals surface area contributed by atoms with E-state index in [9.17, 15) is 14.7 Å². The molecule has 0 bridgehead atoms. The fraction of sp³-hybridized carbons (Fsp3) is 0.0455. The highest BCUT2D eigenvalue weighted by Gasteiger charge is 2.08. The molecule has 7 heteroatoms. The van der Waals surface area contributed by atoms with Crippen molar-refractivity contribution in [1.82, 2.24) is 5.43 Å². The van der Waals surface area contributed by atoms with Gasteiger partial charge in [-0.3, -0.25) is 4.79 Å². The third kappa shape index (κ3) is 5.43. The Kier molecular flexibility index (Phi) is 6.22. The molecule has 0 atom stereocenters. The Labute approximate surface area is 167 Å². The van der Waals surface area contributed by atoms with Gasteiger partial charge >= 0.3 is 5.97 Å². The third-order valence-corrected chi connectivity index (χ3v) is 3.93. The number of esters is 1. The van der Waals surface area contributed by atoms with E-state index in [-0.39, 0.29) is 5.75 Å². The quantitative estimate of drug-likeness (QED) is 0.291. The van der Waals surface area contributed by atoms with E-state index in [0.717, 1.165) is 0 Å². The van der Waals surface area contributed by atoms with Crippen LogP contribution in [0.4, 0.5) is 0 Å². The summed E-state index contributed by atoms with van der Waals surface area (Å²) in [7, 11) is 1.55. The molecule has 3 aromatic carbocycles. The molecule has 0 aliphatic rings. The minimum atomic E-state index is -0.477. The number of nitrogens with one attached hydrogen (secondary N) is 1. The minimum Gasteiger partial charge on any atom is -0.508 e. The number of carbonyl (C=O) groups excluding carboxylic acids is 2. The lowest BCUT2D eigenvalue weighted by Crippen LogP contribution is -2.17. The van der Waals surface area contributed by atoms with Crippen LogP contribution in [0.25, 0.3) is 0 Å². The molecule has 1 amide bonds. The summed E-state index contributed by atoms with van der Waals surface area (Å²) in [5.74, 6) is 0.248. The molecule has 146 valence electrons. The van der Waals surface area contributed by atoms with Crippen molar-refractivity contribution >= 4 is 18.1 Å². The monoisotopic (exact) mass is 390 g/mol. The van der Waals surface area contributed by atoms with Crippen LogP contribution in [0.3, 0.4) is 0 Å². The summed E-state index contributed by atoms with van der Waals surface area (Å²) in [6.45, 7) is 0. The highest BCUT2D eigenvalue weighted by Crippen LogP contribution is 2.16. The molecule has 0 aromatic heterocycles. The fourth-order valence-electron chi connectivity index (χ4n) is 2.36. The van der Waals surface area contributed by atoms with E-state index in [2.05, 4.69) is 10.5 Å². The molecule has 0 saturated heterocycles. The Morgan fingerprint density at radius 1 is 0.862 bits per heavy atom. The zero-order chi connectivity index (χ0) is 20.6. The van der Waals surface area contributed by atoms with Gasteiger partial charge in [0, 0.05) is 5.56 Å². The second-order valence-corrected chi connectivity index (χ2v) is 5.93. The summed E-state index contributed by atoms with van der Waals surface area (Å²) in [4.78, 5) is 24.1. The van der Waals surface area contributed by atoms with E-state index < -0.39 is 11.9 Å². The molecule has 0 unspecified atom stereocenters.